The summed E-state index contributed by atoms with van der Waals surface area (Å²) in [6.07, 6.45) is 0.219. The maximum absolute atomic E-state index is 12.7. The molecule has 5 nitrogen and oxygen atoms in total. The number of likely N-dealkylation sites (tertiary alicyclic amines) is 1. The van der Waals surface area contributed by atoms with Crippen LogP contribution in [0.1, 0.15) is 23.5 Å². The molecule has 0 aromatic heterocycles. The summed E-state index contributed by atoms with van der Waals surface area (Å²) in [6, 6.07) is 14.8. The fourth-order valence-electron chi connectivity index (χ4n) is 3.23. The predicted octanol–water partition coefficient (Wildman–Crippen LogP) is 3.28. The lowest BCUT2D eigenvalue weighted by Gasteiger charge is -2.24. The van der Waals surface area contributed by atoms with Crippen molar-refractivity contribution >= 4 is 23.4 Å². The molecular weight excluding hydrogens is 352 g/mol. The molecule has 2 amide bonds. The van der Waals surface area contributed by atoms with E-state index in [4.69, 9.17) is 16.3 Å². The zero-order chi connectivity index (χ0) is 18.7. The number of methoxy groups -OCH3 is 1. The smallest absolute Gasteiger partial charge is 0.238 e. The fourth-order valence-corrected chi connectivity index (χ4v) is 3.43. The highest BCUT2D eigenvalue weighted by Crippen LogP contribution is 2.30. The highest BCUT2D eigenvalue weighted by Gasteiger charge is 2.39. The third-order valence-electron chi connectivity index (χ3n) is 4.51. The zero-order valence-electron chi connectivity index (χ0n) is 14.8. The van der Waals surface area contributed by atoms with Crippen LogP contribution < -0.4 is 4.74 Å². The first kappa shape index (κ1) is 18.4. The van der Waals surface area contributed by atoms with E-state index >= 15 is 0 Å². The van der Waals surface area contributed by atoms with Crippen molar-refractivity contribution in [3.63, 3.8) is 0 Å². The van der Waals surface area contributed by atoms with E-state index in [1.165, 1.54) is 4.90 Å². The van der Waals surface area contributed by atoms with Gasteiger partial charge < -0.3 is 4.74 Å². The molecule has 1 heterocycles. The number of nitrogens with zero attached hydrogens (tertiary/aromatic N) is 2. The first-order valence-corrected chi connectivity index (χ1v) is 8.77. The molecule has 0 radical (unpaired) electrons. The minimum atomic E-state index is -0.391. The van der Waals surface area contributed by atoms with E-state index in [2.05, 4.69) is 0 Å². The highest BCUT2D eigenvalue weighted by molar-refractivity contribution is 6.30. The summed E-state index contributed by atoms with van der Waals surface area (Å²) >= 11 is 6.07. The number of imide groups is 1. The number of carbonyl (C=O) groups excluding carboxylic acids is 2. The van der Waals surface area contributed by atoms with Gasteiger partial charge in [-0.15, -0.1) is 0 Å². The van der Waals surface area contributed by atoms with E-state index in [0.717, 1.165) is 16.9 Å². The van der Waals surface area contributed by atoms with Gasteiger partial charge in [0.25, 0.3) is 0 Å². The van der Waals surface area contributed by atoms with Crippen LogP contribution in [0.4, 0.5) is 0 Å². The van der Waals surface area contributed by atoms with Gasteiger partial charge in [-0.1, -0.05) is 41.9 Å². The molecule has 2 aromatic rings. The largest absolute Gasteiger partial charge is 0.496 e. The molecule has 0 unspecified atom stereocenters. The molecule has 1 atom stereocenters. The Bertz CT molecular complexity index is 810. The summed E-state index contributed by atoms with van der Waals surface area (Å²) in [5.41, 5.74) is 1.79. The summed E-state index contributed by atoms with van der Waals surface area (Å²) in [6.45, 7) is 0.744. The summed E-state index contributed by atoms with van der Waals surface area (Å²) in [7, 11) is 3.46. The number of ether oxygens (including phenoxy) is 1. The third kappa shape index (κ3) is 3.89. The first-order valence-electron chi connectivity index (χ1n) is 8.39. The Morgan fingerprint density at radius 1 is 1.19 bits per heavy atom. The Balaban J connectivity index is 1.70. The van der Waals surface area contributed by atoms with Crippen LogP contribution >= 0.6 is 11.6 Å². The van der Waals surface area contributed by atoms with Gasteiger partial charge in [0.15, 0.2) is 0 Å². The molecule has 3 rings (SSSR count). The highest BCUT2D eigenvalue weighted by atomic mass is 35.5. The Kier molecular flexibility index (Phi) is 5.59. The van der Waals surface area contributed by atoms with E-state index in [9.17, 15) is 9.59 Å². The van der Waals surface area contributed by atoms with Gasteiger partial charge in [-0.05, 0) is 30.8 Å². The van der Waals surface area contributed by atoms with Crippen LogP contribution in [0.2, 0.25) is 5.02 Å². The van der Waals surface area contributed by atoms with Crippen molar-refractivity contribution in [3.05, 3.63) is 64.7 Å². The number of halogens is 1. The second-order valence-corrected chi connectivity index (χ2v) is 6.88. The molecule has 0 saturated carbocycles. The van der Waals surface area contributed by atoms with Gasteiger partial charge in [0.2, 0.25) is 11.8 Å². The number of rotatable bonds is 6. The molecule has 6 heteroatoms. The van der Waals surface area contributed by atoms with Crippen molar-refractivity contribution in [2.24, 2.45) is 0 Å². The van der Waals surface area contributed by atoms with Crippen LogP contribution in [0.3, 0.4) is 0 Å². The first-order chi connectivity index (χ1) is 12.5. The standard InChI is InChI=1S/C20H21ClN2O3/c1-22(12-15-10-16(21)8-9-18(15)26-2)13-23-19(24)11-17(20(23)25)14-6-4-3-5-7-14/h3-10,17H,11-13H2,1-2H3/t17-/m0/s1. The lowest BCUT2D eigenvalue weighted by atomic mass is 9.98. The van der Waals surface area contributed by atoms with Crippen LogP contribution in [0.5, 0.6) is 5.75 Å². The zero-order valence-corrected chi connectivity index (χ0v) is 15.6. The van der Waals surface area contributed by atoms with Crippen molar-refractivity contribution in [2.45, 2.75) is 18.9 Å². The number of benzene rings is 2. The molecule has 0 bridgehead atoms. The van der Waals surface area contributed by atoms with E-state index < -0.39 is 5.92 Å². The molecule has 26 heavy (non-hydrogen) atoms. The van der Waals surface area contributed by atoms with Crippen LogP contribution in [-0.4, -0.2) is 42.4 Å². The van der Waals surface area contributed by atoms with Crippen molar-refractivity contribution in [2.75, 3.05) is 20.8 Å². The van der Waals surface area contributed by atoms with E-state index in [0.29, 0.717) is 11.6 Å². The second kappa shape index (κ2) is 7.89. The molecule has 136 valence electrons. The molecule has 0 spiro atoms. The number of hydrogen-bond donors (Lipinski definition) is 0. The number of amides is 2. The molecule has 1 aliphatic heterocycles. The van der Waals surface area contributed by atoms with Gasteiger partial charge in [-0.2, -0.15) is 0 Å². The van der Waals surface area contributed by atoms with E-state index in [1.807, 2.05) is 54.4 Å². The molecule has 1 fully saturated rings. The summed E-state index contributed by atoms with van der Waals surface area (Å²) in [4.78, 5) is 28.3. The summed E-state index contributed by atoms with van der Waals surface area (Å²) < 4.78 is 5.36. The average molecular weight is 373 g/mol. The monoisotopic (exact) mass is 372 g/mol. The Hall–Kier alpha value is -2.37. The van der Waals surface area contributed by atoms with Crippen molar-refractivity contribution in [1.29, 1.82) is 0 Å². The number of hydrogen-bond acceptors (Lipinski definition) is 4. The van der Waals surface area contributed by atoms with Crippen LogP contribution in [0, 0.1) is 0 Å². The topological polar surface area (TPSA) is 49.9 Å². The van der Waals surface area contributed by atoms with Gasteiger partial charge >= 0.3 is 0 Å². The molecule has 0 N–H and O–H groups in total. The molecule has 2 aromatic carbocycles. The quantitative estimate of drug-likeness (QED) is 0.730. The van der Waals surface area contributed by atoms with Gasteiger partial charge in [0.05, 0.1) is 19.7 Å². The fraction of sp³-hybridized carbons (Fsp3) is 0.300. The van der Waals surface area contributed by atoms with Crippen molar-refractivity contribution < 1.29 is 14.3 Å². The Morgan fingerprint density at radius 2 is 1.92 bits per heavy atom. The van der Waals surface area contributed by atoms with Gasteiger partial charge in [-0.3, -0.25) is 19.4 Å². The lowest BCUT2D eigenvalue weighted by molar-refractivity contribution is -0.141. The third-order valence-corrected chi connectivity index (χ3v) is 4.75. The van der Waals surface area contributed by atoms with Crippen LogP contribution in [-0.2, 0) is 16.1 Å². The van der Waals surface area contributed by atoms with Crippen LogP contribution in [0.25, 0.3) is 0 Å². The minimum Gasteiger partial charge on any atom is -0.496 e. The molecular formula is C20H21ClN2O3. The van der Waals surface area contributed by atoms with Gasteiger partial charge in [-0.25, -0.2) is 0 Å². The van der Waals surface area contributed by atoms with Gasteiger partial charge in [0, 0.05) is 23.6 Å². The number of carbonyl (C=O) groups is 2. The van der Waals surface area contributed by atoms with Gasteiger partial charge in [0.1, 0.15) is 5.75 Å². The molecule has 1 aliphatic rings. The van der Waals surface area contributed by atoms with E-state index in [1.54, 1.807) is 13.2 Å². The minimum absolute atomic E-state index is 0.145. The summed E-state index contributed by atoms with van der Waals surface area (Å²) in [5.74, 6) is 0.0418. The SMILES string of the molecule is COc1ccc(Cl)cc1CN(C)CN1C(=O)C[C@@H](c2ccccc2)C1=O. The van der Waals surface area contributed by atoms with Crippen molar-refractivity contribution in [3.8, 4) is 5.75 Å². The van der Waals surface area contributed by atoms with Crippen LogP contribution in [0.15, 0.2) is 48.5 Å². The second-order valence-electron chi connectivity index (χ2n) is 6.44. The summed E-state index contributed by atoms with van der Waals surface area (Å²) in [5, 5.41) is 0.617. The predicted molar refractivity (Wildman–Crippen MR) is 100.0 cm³/mol. The molecule has 1 saturated heterocycles. The Morgan fingerprint density at radius 3 is 2.62 bits per heavy atom. The Labute approximate surface area is 158 Å². The average Bonchev–Trinajstić information content (AvgIpc) is 2.91. The van der Waals surface area contributed by atoms with E-state index in [-0.39, 0.29) is 24.9 Å². The maximum Gasteiger partial charge on any atom is 0.238 e. The van der Waals surface area contributed by atoms with Crippen molar-refractivity contribution in [1.82, 2.24) is 9.80 Å². The maximum atomic E-state index is 12.7. The lowest BCUT2D eigenvalue weighted by Crippen LogP contribution is -2.39. The normalized spacial score (nSPS) is 17.2. The molecule has 0 aliphatic carbocycles.